The lowest BCUT2D eigenvalue weighted by atomic mass is 10.1. The molecule has 190 valence electrons. The highest BCUT2D eigenvalue weighted by Crippen LogP contribution is 2.32. The lowest BCUT2D eigenvalue weighted by Gasteiger charge is -2.20. The van der Waals surface area contributed by atoms with Crippen LogP contribution in [0.15, 0.2) is 35.1 Å². The molecule has 0 aliphatic carbocycles. The Morgan fingerprint density at radius 1 is 1.11 bits per heavy atom. The molecule has 0 spiro atoms. The average molecular weight is 513 g/mol. The Hall–Kier alpha value is -3.87. The first kappa shape index (κ1) is 25.2. The summed E-state index contributed by atoms with van der Waals surface area (Å²) in [6, 6.07) is 4.80. The second kappa shape index (κ2) is 10.0. The first-order valence-corrected chi connectivity index (χ1v) is 12.8. The largest absolute Gasteiger partial charge is 0.481 e. The van der Waals surface area contributed by atoms with Gasteiger partial charge in [-0.2, -0.15) is 0 Å². The quantitative estimate of drug-likeness (QED) is 0.354. The van der Waals surface area contributed by atoms with E-state index in [1.807, 2.05) is 20.8 Å². The minimum atomic E-state index is -3.89. The molecular weight excluding hydrogens is 484 g/mol. The number of pyridine rings is 1. The van der Waals surface area contributed by atoms with Crippen molar-refractivity contribution in [2.24, 2.45) is 0 Å². The molecule has 0 aliphatic heterocycles. The van der Waals surface area contributed by atoms with Gasteiger partial charge in [-0.15, -0.1) is 10.2 Å². The van der Waals surface area contributed by atoms with E-state index in [1.54, 1.807) is 49.0 Å². The molecule has 4 heterocycles. The smallest absolute Gasteiger partial charge is 0.239 e. The number of hydrogen-bond acceptors (Lipinski definition) is 10. The number of aryl methyl sites for hydroxylation is 3. The Kier molecular flexibility index (Phi) is 7.02. The molecule has 0 amide bonds. The predicted molar refractivity (Wildman–Crippen MR) is 132 cm³/mol. The van der Waals surface area contributed by atoms with E-state index < -0.39 is 21.3 Å². The van der Waals surface area contributed by atoms with Crippen molar-refractivity contribution >= 4 is 16.0 Å². The number of anilines is 1. The van der Waals surface area contributed by atoms with Crippen molar-refractivity contribution in [1.82, 2.24) is 34.9 Å². The number of methoxy groups -OCH3 is 1. The Labute approximate surface area is 209 Å². The van der Waals surface area contributed by atoms with Crippen molar-refractivity contribution in [3.8, 4) is 17.4 Å². The molecular formula is C23H28N8O4S. The van der Waals surface area contributed by atoms with Gasteiger partial charge in [-0.25, -0.2) is 23.4 Å². The number of rotatable bonds is 9. The zero-order valence-electron chi connectivity index (χ0n) is 20.9. The summed E-state index contributed by atoms with van der Waals surface area (Å²) >= 11 is 0. The summed E-state index contributed by atoms with van der Waals surface area (Å²) in [7, 11) is -2.37. The van der Waals surface area contributed by atoms with Gasteiger partial charge >= 0.3 is 0 Å². The molecule has 1 N–H and O–H groups in total. The van der Waals surface area contributed by atoms with Crippen molar-refractivity contribution < 1.29 is 17.7 Å². The standard InChI is InChI=1S/C23H28N8O4S/c1-13-11-24-19(25-12-13)10-14(2)36(32,33)30-23-28-27-22(18-8-7-9-20(26-18)34-6)31(23)16(4)21-15(3)29-35-17(21)5/h7-9,11-12,14,16H,10H2,1-6H3,(H,28,30)/t14-,16-/m0/s1. The highest BCUT2D eigenvalue weighted by atomic mass is 32.2. The van der Waals surface area contributed by atoms with Gasteiger partial charge in [0.05, 0.1) is 24.1 Å². The van der Waals surface area contributed by atoms with Gasteiger partial charge in [-0.3, -0.25) is 9.29 Å². The first-order valence-electron chi connectivity index (χ1n) is 11.3. The first-order chi connectivity index (χ1) is 17.1. The van der Waals surface area contributed by atoms with Gasteiger partial charge in [0.2, 0.25) is 21.9 Å². The molecule has 0 bridgehead atoms. The summed E-state index contributed by atoms with van der Waals surface area (Å²) in [5, 5.41) is 11.7. The number of sulfonamides is 1. The fourth-order valence-electron chi connectivity index (χ4n) is 3.89. The van der Waals surface area contributed by atoms with Crippen molar-refractivity contribution in [2.45, 2.75) is 52.3 Å². The normalized spacial score (nSPS) is 13.4. The van der Waals surface area contributed by atoms with Crippen LogP contribution >= 0.6 is 0 Å². The second-order valence-corrected chi connectivity index (χ2v) is 10.6. The summed E-state index contributed by atoms with van der Waals surface area (Å²) in [5.41, 5.74) is 2.83. The zero-order chi connectivity index (χ0) is 26.0. The van der Waals surface area contributed by atoms with E-state index in [0.29, 0.717) is 34.7 Å². The third kappa shape index (κ3) is 5.05. The SMILES string of the molecule is COc1cccc(-c2nnc(NS(=O)(=O)[C@@H](C)Cc3ncc(C)cn3)n2[C@@H](C)c2c(C)noc2C)n1. The maximum absolute atomic E-state index is 13.3. The van der Waals surface area contributed by atoms with Crippen molar-refractivity contribution in [3.63, 3.8) is 0 Å². The topological polar surface area (TPSA) is 151 Å². The number of nitrogens with zero attached hydrogens (tertiary/aromatic N) is 7. The number of aromatic nitrogens is 7. The third-order valence-corrected chi connectivity index (χ3v) is 7.51. The van der Waals surface area contributed by atoms with E-state index in [4.69, 9.17) is 9.26 Å². The molecule has 0 saturated heterocycles. The predicted octanol–water partition coefficient (Wildman–Crippen LogP) is 3.03. The van der Waals surface area contributed by atoms with E-state index in [9.17, 15) is 8.42 Å². The number of nitrogens with one attached hydrogen (secondary N) is 1. The Bertz CT molecular complexity index is 1440. The maximum Gasteiger partial charge on any atom is 0.239 e. The van der Waals surface area contributed by atoms with Gasteiger partial charge < -0.3 is 9.26 Å². The van der Waals surface area contributed by atoms with Crippen LogP contribution in [0.2, 0.25) is 0 Å². The van der Waals surface area contributed by atoms with Crippen LogP contribution in [-0.2, 0) is 16.4 Å². The van der Waals surface area contributed by atoms with E-state index >= 15 is 0 Å². The molecule has 4 rings (SSSR count). The second-order valence-electron chi connectivity index (χ2n) is 8.53. The summed E-state index contributed by atoms with van der Waals surface area (Å²) in [6.07, 6.45) is 3.45. The van der Waals surface area contributed by atoms with E-state index in [2.05, 4.69) is 35.0 Å². The van der Waals surface area contributed by atoms with Crippen LogP contribution in [0.25, 0.3) is 11.5 Å². The van der Waals surface area contributed by atoms with Gasteiger partial charge in [-0.1, -0.05) is 11.2 Å². The fraction of sp³-hybridized carbons (Fsp3) is 0.391. The van der Waals surface area contributed by atoms with E-state index in [-0.39, 0.29) is 12.4 Å². The van der Waals surface area contributed by atoms with Crippen LogP contribution in [0.4, 0.5) is 5.95 Å². The van der Waals surface area contributed by atoms with Crippen molar-refractivity contribution in [1.29, 1.82) is 0 Å². The summed E-state index contributed by atoms with van der Waals surface area (Å²) in [6.45, 7) is 8.97. The lowest BCUT2D eigenvalue weighted by Crippen LogP contribution is -2.29. The Balaban J connectivity index is 1.74. The molecule has 0 unspecified atom stereocenters. The molecule has 0 aromatic carbocycles. The molecule has 12 nitrogen and oxygen atoms in total. The number of ether oxygens (including phenoxy) is 1. The summed E-state index contributed by atoms with van der Waals surface area (Å²) in [5.74, 6) is 1.83. The molecule has 0 saturated carbocycles. The average Bonchev–Trinajstić information content (AvgIpc) is 3.42. The molecule has 13 heteroatoms. The minimum Gasteiger partial charge on any atom is -0.481 e. The molecule has 4 aromatic heterocycles. The van der Waals surface area contributed by atoms with Crippen LogP contribution < -0.4 is 9.46 Å². The van der Waals surface area contributed by atoms with Gasteiger partial charge in [0.25, 0.3) is 0 Å². The highest BCUT2D eigenvalue weighted by Gasteiger charge is 2.30. The summed E-state index contributed by atoms with van der Waals surface area (Å²) < 4.78 is 41.5. The van der Waals surface area contributed by atoms with E-state index in [0.717, 1.165) is 11.1 Å². The van der Waals surface area contributed by atoms with Gasteiger partial charge in [0.1, 0.15) is 17.3 Å². The van der Waals surface area contributed by atoms with Crippen LogP contribution in [-0.4, -0.2) is 55.7 Å². The fourth-order valence-corrected chi connectivity index (χ4v) is 4.85. The lowest BCUT2D eigenvalue weighted by molar-refractivity contribution is 0.391. The highest BCUT2D eigenvalue weighted by molar-refractivity contribution is 7.93. The zero-order valence-corrected chi connectivity index (χ0v) is 21.7. The number of hydrogen-bond donors (Lipinski definition) is 1. The maximum atomic E-state index is 13.3. The van der Waals surface area contributed by atoms with Crippen molar-refractivity contribution in [2.75, 3.05) is 11.8 Å². The Morgan fingerprint density at radius 3 is 2.47 bits per heavy atom. The Morgan fingerprint density at radius 2 is 1.83 bits per heavy atom. The molecule has 0 aliphatic rings. The van der Waals surface area contributed by atoms with Gasteiger partial charge in [-0.05, 0) is 46.2 Å². The summed E-state index contributed by atoms with van der Waals surface area (Å²) in [4.78, 5) is 12.9. The van der Waals surface area contributed by atoms with E-state index in [1.165, 1.54) is 7.11 Å². The van der Waals surface area contributed by atoms with Crippen molar-refractivity contribution in [3.05, 3.63) is 59.0 Å². The molecule has 36 heavy (non-hydrogen) atoms. The van der Waals surface area contributed by atoms with Gasteiger partial charge in [0.15, 0.2) is 5.82 Å². The molecule has 4 aromatic rings. The van der Waals surface area contributed by atoms with Crippen LogP contribution in [0.3, 0.4) is 0 Å². The van der Waals surface area contributed by atoms with Crippen LogP contribution in [0, 0.1) is 20.8 Å². The monoisotopic (exact) mass is 512 g/mol. The molecule has 0 fully saturated rings. The minimum absolute atomic E-state index is 0.0406. The van der Waals surface area contributed by atoms with Crippen LogP contribution in [0.1, 0.15) is 48.3 Å². The van der Waals surface area contributed by atoms with Gasteiger partial charge in [0, 0.05) is 30.4 Å². The molecule has 2 atom stereocenters. The van der Waals surface area contributed by atoms with Crippen LogP contribution in [0.5, 0.6) is 5.88 Å². The molecule has 0 radical (unpaired) electrons. The third-order valence-electron chi connectivity index (χ3n) is 5.82.